The van der Waals surface area contributed by atoms with Crippen LogP contribution in [0.1, 0.15) is 6.42 Å². The molecule has 23 heavy (non-hydrogen) atoms. The van der Waals surface area contributed by atoms with Gasteiger partial charge in [-0.1, -0.05) is 11.6 Å². The first kappa shape index (κ1) is 17.6. The fourth-order valence-corrected chi connectivity index (χ4v) is 2.91. The number of nitrogens with zero attached hydrogens (tertiary/aromatic N) is 1. The molecule has 124 valence electrons. The van der Waals surface area contributed by atoms with Crippen molar-refractivity contribution in [2.24, 2.45) is 0 Å². The van der Waals surface area contributed by atoms with Crippen LogP contribution in [0.3, 0.4) is 0 Å². The maximum absolute atomic E-state index is 13.2. The highest BCUT2D eigenvalue weighted by Gasteiger charge is 2.33. The molecule has 6 nitrogen and oxygen atoms in total. The fourth-order valence-electron chi connectivity index (χ4n) is 2.19. The second-order valence-corrected chi connectivity index (χ2v) is 6.28. The highest BCUT2D eigenvalue weighted by molar-refractivity contribution is 8.00. The van der Waals surface area contributed by atoms with E-state index in [1.165, 1.54) is 23.1 Å². The van der Waals surface area contributed by atoms with Gasteiger partial charge < -0.3 is 15.3 Å². The van der Waals surface area contributed by atoms with E-state index in [-0.39, 0.29) is 22.4 Å². The summed E-state index contributed by atoms with van der Waals surface area (Å²) >= 11 is 6.67. The topological polar surface area (TPSA) is 86.7 Å². The number of benzene rings is 1. The number of aliphatic carboxylic acids is 1. The standard InChI is InChI=1S/C14H14ClFN2O4S/c15-9-5-8(1-2-10(9)16)18-4-3-11(14(18)22)17-12(19)6-23-7-13(20)21/h1-2,5,11H,3-4,6-7H2,(H,17,19)(H,20,21). The maximum Gasteiger partial charge on any atom is 0.313 e. The second kappa shape index (κ2) is 7.65. The molecule has 0 aliphatic carbocycles. The largest absolute Gasteiger partial charge is 0.481 e. The molecule has 1 fully saturated rings. The lowest BCUT2D eigenvalue weighted by molar-refractivity contribution is -0.133. The highest BCUT2D eigenvalue weighted by atomic mass is 35.5. The third kappa shape index (κ3) is 4.59. The zero-order chi connectivity index (χ0) is 17.0. The summed E-state index contributed by atoms with van der Waals surface area (Å²) in [7, 11) is 0. The molecule has 2 N–H and O–H groups in total. The van der Waals surface area contributed by atoms with E-state index in [2.05, 4.69) is 5.32 Å². The summed E-state index contributed by atoms with van der Waals surface area (Å²) in [6.07, 6.45) is 0.420. The molecule has 0 radical (unpaired) electrons. The molecule has 9 heteroatoms. The van der Waals surface area contributed by atoms with Gasteiger partial charge in [-0.15, -0.1) is 11.8 Å². The van der Waals surface area contributed by atoms with Crippen LogP contribution in [0.5, 0.6) is 0 Å². The van der Waals surface area contributed by atoms with Gasteiger partial charge in [0.15, 0.2) is 0 Å². The summed E-state index contributed by atoms with van der Waals surface area (Å²) in [5, 5.41) is 11.0. The molecule has 2 rings (SSSR count). The molecule has 0 spiro atoms. The van der Waals surface area contributed by atoms with Crippen LogP contribution in [0.2, 0.25) is 5.02 Å². The number of hydrogen-bond acceptors (Lipinski definition) is 4. The average molecular weight is 361 g/mol. The number of rotatable bonds is 6. The first-order chi connectivity index (χ1) is 10.9. The first-order valence-corrected chi connectivity index (χ1v) is 8.27. The van der Waals surface area contributed by atoms with Crippen molar-refractivity contribution in [3.8, 4) is 0 Å². The first-order valence-electron chi connectivity index (χ1n) is 6.74. The summed E-state index contributed by atoms with van der Waals surface area (Å²) in [5.41, 5.74) is 0.471. The third-order valence-electron chi connectivity index (χ3n) is 3.21. The van der Waals surface area contributed by atoms with E-state index in [0.29, 0.717) is 18.7 Å². The Balaban J connectivity index is 1.92. The van der Waals surface area contributed by atoms with Crippen LogP contribution in [-0.2, 0) is 14.4 Å². The lowest BCUT2D eigenvalue weighted by Gasteiger charge is -2.17. The fraction of sp³-hybridized carbons (Fsp3) is 0.357. The highest BCUT2D eigenvalue weighted by Crippen LogP contribution is 2.26. The molecule has 1 saturated heterocycles. The smallest absolute Gasteiger partial charge is 0.313 e. The molecular formula is C14H14ClFN2O4S. The zero-order valence-corrected chi connectivity index (χ0v) is 13.5. The maximum atomic E-state index is 13.2. The molecule has 0 bridgehead atoms. The van der Waals surface area contributed by atoms with Gasteiger partial charge in [-0.3, -0.25) is 14.4 Å². The van der Waals surface area contributed by atoms with E-state index < -0.39 is 23.7 Å². The summed E-state index contributed by atoms with van der Waals surface area (Å²) in [5.74, 6) is -2.47. The van der Waals surface area contributed by atoms with Crippen LogP contribution >= 0.6 is 23.4 Å². The van der Waals surface area contributed by atoms with Crippen molar-refractivity contribution in [3.63, 3.8) is 0 Å². The van der Waals surface area contributed by atoms with Gasteiger partial charge in [-0.25, -0.2) is 4.39 Å². The van der Waals surface area contributed by atoms with E-state index in [9.17, 15) is 18.8 Å². The monoisotopic (exact) mass is 360 g/mol. The van der Waals surface area contributed by atoms with E-state index in [0.717, 1.165) is 11.8 Å². The second-order valence-electron chi connectivity index (χ2n) is 4.88. The number of carboxylic acids is 1. The minimum absolute atomic E-state index is 0.0293. The van der Waals surface area contributed by atoms with Crippen molar-refractivity contribution in [1.29, 1.82) is 0 Å². The third-order valence-corrected chi connectivity index (χ3v) is 4.42. The number of thioether (sulfide) groups is 1. The van der Waals surface area contributed by atoms with E-state index in [4.69, 9.17) is 16.7 Å². The minimum Gasteiger partial charge on any atom is -0.481 e. The van der Waals surface area contributed by atoms with E-state index in [1.807, 2.05) is 0 Å². The number of amides is 2. The molecule has 1 aliphatic heterocycles. The number of halogens is 2. The molecule has 2 amide bonds. The Morgan fingerprint density at radius 3 is 2.83 bits per heavy atom. The summed E-state index contributed by atoms with van der Waals surface area (Å²) in [4.78, 5) is 35.8. The van der Waals surface area contributed by atoms with Gasteiger partial charge in [0.1, 0.15) is 11.9 Å². The Kier molecular flexibility index (Phi) is 5.84. The Bertz CT molecular complexity index is 643. The van der Waals surface area contributed by atoms with Gasteiger partial charge in [0.05, 0.1) is 16.5 Å². The van der Waals surface area contributed by atoms with Gasteiger partial charge in [0.25, 0.3) is 0 Å². The summed E-state index contributed by atoms with van der Waals surface area (Å²) in [6.45, 7) is 0.383. The number of nitrogens with one attached hydrogen (secondary N) is 1. The van der Waals surface area contributed by atoms with Crippen molar-refractivity contribution < 1.29 is 23.9 Å². The number of anilines is 1. The molecule has 1 heterocycles. The normalized spacial score (nSPS) is 17.4. The number of carbonyl (C=O) groups is 3. The molecule has 1 aromatic rings. The van der Waals surface area contributed by atoms with E-state index in [1.54, 1.807) is 0 Å². The van der Waals surface area contributed by atoms with Gasteiger partial charge >= 0.3 is 5.97 Å². The van der Waals surface area contributed by atoms with Crippen LogP contribution < -0.4 is 10.2 Å². The Labute approximate surface area is 141 Å². The number of hydrogen-bond donors (Lipinski definition) is 2. The lowest BCUT2D eigenvalue weighted by atomic mass is 10.2. The van der Waals surface area contributed by atoms with Crippen LogP contribution in [0.4, 0.5) is 10.1 Å². The van der Waals surface area contributed by atoms with Crippen LogP contribution in [-0.4, -0.2) is 47.0 Å². The Hall–Kier alpha value is -1.80. The van der Waals surface area contributed by atoms with Crippen molar-refractivity contribution >= 4 is 46.8 Å². The van der Waals surface area contributed by atoms with Gasteiger partial charge in [0, 0.05) is 12.2 Å². The van der Waals surface area contributed by atoms with Gasteiger partial charge in [-0.2, -0.15) is 0 Å². The van der Waals surface area contributed by atoms with Crippen molar-refractivity contribution in [1.82, 2.24) is 5.32 Å². The van der Waals surface area contributed by atoms with Crippen LogP contribution in [0, 0.1) is 5.82 Å². The van der Waals surface area contributed by atoms with Crippen molar-refractivity contribution in [2.75, 3.05) is 23.0 Å². The van der Waals surface area contributed by atoms with Crippen LogP contribution in [0.15, 0.2) is 18.2 Å². The number of carbonyl (C=O) groups excluding carboxylic acids is 2. The van der Waals surface area contributed by atoms with Crippen molar-refractivity contribution in [3.05, 3.63) is 29.0 Å². The van der Waals surface area contributed by atoms with Gasteiger partial charge in [0.2, 0.25) is 11.8 Å². The SMILES string of the molecule is O=C(O)CSCC(=O)NC1CCN(c2ccc(F)c(Cl)c2)C1=O. The number of carboxylic acid groups (broad SMARTS) is 1. The predicted molar refractivity (Wildman–Crippen MR) is 85.3 cm³/mol. The Morgan fingerprint density at radius 2 is 2.17 bits per heavy atom. The predicted octanol–water partition coefficient (Wildman–Crippen LogP) is 1.52. The molecule has 0 saturated carbocycles. The molecule has 1 atom stereocenters. The Morgan fingerprint density at radius 1 is 1.43 bits per heavy atom. The average Bonchev–Trinajstić information content (AvgIpc) is 2.83. The van der Waals surface area contributed by atoms with Crippen LogP contribution in [0.25, 0.3) is 0 Å². The van der Waals surface area contributed by atoms with E-state index >= 15 is 0 Å². The molecule has 0 aromatic heterocycles. The minimum atomic E-state index is -1.00. The summed E-state index contributed by atoms with van der Waals surface area (Å²) < 4.78 is 13.2. The zero-order valence-electron chi connectivity index (χ0n) is 11.9. The molecule has 1 aliphatic rings. The van der Waals surface area contributed by atoms with Gasteiger partial charge in [-0.05, 0) is 24.6 Å². The molecular weight excluding hydrogens is 347 g/mol. The van der Waals surface area contributed by atoms with Crippen molar-refractivity contribution in [2.45, 2.75) is 12.5 Å². The summed E-state index contributed by atoms with van der Waals surface area (Å²) in [6, 6.07) is 3.32. The lowest BCUT2D eigenvalue weighted by Crippen LogP contribution is -2.42. The quantitative estimate of drug-likeness (QED) is 0.803. The molecule has 1 unspecified atom stereocenters. The molecule has 1 aromatic carbocycles.